The van der Waals surface area contributed by atoms with Crippen LogP contribution in [-0.4, -0.2) is 11.9 Å². The van der Waals surface area contributed by atoms with Crippen molar-refractivity contribution in [3.63, 3.8) is 0 Å². The number of hydrogen-bond acceptors (Lipinski definition) is 4. The van der Waals surface area contributed by atoms with Crippen molar-refractivity contribution in [2.24, 2.45) is 4.99 Å². The Kier molecular flexibility index (Phi) is 5.26. The lowest BCUT2D eigenvalue weighted by Crippen LogP contribution is -2.06. The standard InChI is InChI=1S/C28H21NO3/c1-19-8-2-4-14-24(19)27-29-26(28(30)32-27)17-20-9-6-13-23(16-20)31-18-22-12-7-11-21-10-3-5-15-25(21)22/h2-17H,18H2,1H3/b26-17-. The van der Waals surface area contributed by atoms with Gasteiger partial charge in [-0.3, -0.25) is 0 Å². The normalized spacial score (nSPS) is 14.5. The van der Waals surface area contributed by atoms with Gasteiger partial charge in [0, 0.05) is 5.56 Å². The SMILES string of the molecule is Cc1ccccc1C1=N/C(=C\c2cccc(OCc3cccc4ccccc34)c2)C(=O)O1. The van der Waals surface area contributed by atoms with Gasteiger partial charge in [-0.2, -0.15) is 0 Å². The number of benzene rings is 4. The Hall–Kier alpha value is -4.18. The fraction of sp³-hybridized carbons (Fsp3) is 0.0714. The lowest BCUT2D eigenvalue weighted by atomic mass is 10.1. The maximum Gasteiger partial charge on any atom is 0.363 e. The molecule has 0 saturated carbocycles. The fourth-order valence-corrected chi connectivity index (χ4v) is 3.77. The highest BCUT2D eigenvalue weighted by Gasteiger charge is 2.24. The molecule has 1 heterocycles. The minimum absolute atomic E-state index is 0.273. The Bertz CT molecular complexity index is 1380. The minimum Gasteiger partial charge on any atom is -0.489 e. The number of esters is 1. The van der Waals surface area contributed by atoms with Crippen molar-refractivity contribution in [1.82, 2.24) is 0 Å². The summed E-state index contributed by atoms with van der Waals surface area (Å²) < 4.78 is 11.5. The number of ether oxygens (including phenoxy) is 2. The Balaban J connectivity index is 1.37. The van der Waals surface area contributed by atoms with Gasteiger partial charge in [0.25, 0.3) is 0 Å². The molecule has 1 aliphatic heterocycles. The van der Waals surface area contributed by atoms with Gasteiger partial charge >= 0.3 is 5.97 Å². The highest BCUT2D eigenvalue weighted by atomic mass is 16.6. The van der Waals surface area contributed by atoms with Gasteiger partial charge in [-0.25, -0.2) is 9.79 Å². The number of nitrogens with zero attached hydrogens (tertiary/aromatic N) is 1. The minimum atomic E-state index is -0.453. The van der Waals surface area contributed by atoms with Crippen molar-refractivity contribution in [3.05, 3.63) is 119 Å². The summed E-state index contributed by atoms with van der Waals surface area (Å²) in [6, 6.07) is 29.8. The van der Waals surface area contributed by atoms with E-state index in [4.69, 9.17) is 9.47 Å². The van der Waals surface area contributed by atoms with Crippen LogP contribution in [0.15, 0.2) is 102 Å². The number of hydrogen-bond donors (Lipinski definition) is 0. The van der Waals surface area contributed by atoms with Crippen LogP contribution in [0.2, 0.25) is 0 Å². The molecule has 0 spiro atoms. The maximum absolute atomic E-state index is 12.4. The highest BCUT2D eigenvalue weighted by molar-refractivity contribution is 6.13. The highest BCUT2D eigenvalue weighted by Crippen LogP contribution is 2.24. The summed E-state index contributed by atoms with van der Waals surface area (Å²) in [7, 11) is 0. The molecule has 0 amide bonds. The average Bonchev–Trinajstić information content (AvgIpc) is 3.18. The molecule has 0 bridgehead atoms. The first-order valence-corrected chi connectivity index (χ1v) is 10.5. The molecule has 4 nitrogen and oxygen atoms in total. The van der Waals surface area contributed by atoms with Crippen molar-refractivity contribution < 1.29 is 14.3 Å². The molecular weight excluding hydrogens is 398 g/mol. The largest absolute Gasteiger partial charge is 0.489 e. The molecule has 156 valence electrons. The monoisotopic (exact) mass is 419 g/mol. The summed E-state index contributed by atoms with van der Waals surface area (Å²) >= 11 is 0. The Morgan fingerprint density at radius 3 is 2.59 bits per heavy atom. The molecule has 0 aromatic heterocycles. The average molecular weight is 419 g/mol. The van der Waals surface area contributed by atoms with E-state index in [0.29, 0.717) is 12.5 Å². The van der Waals surface area contributed by atoms with Gasteiger partial charge in [0.15, 0.2) is 5.70 Å². The Morgan fingerprint density at radius 2 is 1.69 bits per heavy atom. The third-order valence-corrected chi connectivity index (χ3v) is 5.43. The second-order valence-corrected chi connectivity index (χ2v) is 7.65. The van der Waals surface area contributed by atoms with Crippen molar-refractivity contribution in [3.8, 4) is 5.75 Å². The summed E-state index contributed by atoms with van der Waals surface area (Å²) in [6.07, 6.45) is 1.72. The van der Waals surface area contributed by atoms with Crippen molar-refractivity contribution in [2.45, 2.75) is 13.5 Å². The van der Waals surface area contributed by atoms with E-state index >= 15 is 0 Å². The number of rotatable bonds is 5. The fourth-order valence-electron chi connectivity index (χ4n) is 3.77. The van der Waals surface area contributed by atoms with E-state index in [0.717, 1.165) is 28.0 Å². The first-order valence-electron chi connectivity index (χ1n) is 10.5. The molecule has 0 atom stereocenters. The zero-order chi connectivity index (χ0) is 21.9. The molecular formula is C28H21NO3. The lowest BCUT2D eigenvalue weighted by molar-refractivity contribution is -0.129. The second kappa shape index (κ2) is 8.52. The molecule has 0 aliphatic carbocycles. The summed E-state index contributed by atoms with van der Waals surface area (Å²) in [5.41, 5.74) is 4.04. The van der Waals surface area contributed by atoms with E-state index in [1.54, 1.807) is 6.08 Å². The van der Waals surface area contributed by atoms with Crippen LogP contribution < -0.4 is 4.74 Å². The molecule has 0 N–H and O–H groups in total. The van der Waals surface area contributed by atoms with E-state index in [2.05, 4.69) is 29.3 Å². The van der Waals surface area contributed by atoms with E-state index in [9.17, 15) is 4.79 Å². The Morgan fingerprint density at radius 1 is 0.906 bits per heavy atom. The topological polar surface area (TPSA) is 47.9 Å². The molecule has 0 unspecified atom stereocenters. The number of carbonyl (C=O) groups excluding carboxylic acids is 1. The number of fused-ring (bicyclic) bond motifs is 1. The van der Waals surface area contributed by atoms with E-state index in [1.165, 1.54) is 10.8 Å². The van der Waals surface area contributed by atoms with Gasteiger partial charge in [0.1, 0.15) is 12.4 Å². The summed E-state index contributed by atoms with van der Waals surface area (Å²) in [5.74, 6) is 0.606. The van der Waals surface area contributed by atoms with Crippen LogP contribution in [0.1, 0.15) is 22.3 Å². The number of aliphatic imine (C=N–C) groups is 1. The lowest BCUT2D eigenvalue weighted by Gasteiger charge is -2.09. The van der Waals surface area contributed by atoms with Crippen LogP contribution in [-0.2, 0) is 16.1 Å². The van der Waals surface area contributed by atoms with Gasteiger partial charge in [-0.05, 0) is 58.7 Å². The molecule has 32 heavy (non-hydrogen) atoms. The van der Waals surface area contributed by atoms with E-state index in [1.807, 2.05) is 73.7 Å². The van der Waals surface area contributed by atoms with Crippen LogP contribution in [0.4, 0.5) is 0 Å². The zero-order valence-electron chi connectivity index (χ0n) is 17.6. The molecule has 0 fully saturated rings. The van der Waals surface area contributed by atoms with E-state index in [-0.39, 0.29) is 5.70 Å². The Labute approximate surface area is 186 Å². The maximum atomic E-state index is 12.4. The van der Waals surface area contributed by atoms with Crippen molar-refractivity contribution in [2.75, 3.05) is 0 Å². The van der Waals surface area contributed by atoms with Crippen molar-refractivity contribution in [1.29, 1.82) is 0 Å². The quantitative estimate of drug-likeness (QED) is 0.291. The molecule has 0 radical (unpaired) electrons. The van der Waals surface area contributed by atoms with Gasteiger partial charge in [0.05, 0.1) is 0 Å². The molecule has 0 saturated heterocycles. The van der Waals surface area contributed by atoms with Gasteiger partial charge in [0.2, 0.25) is 5.90 Å². The number of aryl methyl sites for hydroxylation is 1. The summed E-state index contributed by atoms with van der Waals surface area (Å²) in [4.78, 5) is 16.8. The van der Waals surface area contributed by atoms with Gasteiger partial charge in [-0.15, -0.1) is 0 Å². The predicted molar refractivity (Wildman–Crippen MR) is 127 cm³/mol. The van der Waals surface area contributed by atoms with E-state index < -0.39 is 5.97 Å². The third-order valence-electron chi connectivity index (χ3n) is 5.43. The van der Waals surface area contributed by atoms with Crippen LogP contribution >= 0.6 is 0 Å². The molecule has 4 aromatic carbocycles. The first-order chi connectivity index (χ1) is 15.7. The predicted octanol–water partition coefficient (Wildman–Crippen LogP) is 6.07. The van der Waals surface area contributed by atoms with Crippen molar-refractivity contribution >= 4 is 28.7 Å². The summed E-state index contributed by atoms with van der Waals surface area (Å²) in [6.45, 7) is 2.42. The molecule has 5 rings (SSSR count). The van der Waals surface area contributed by atoms with Gasteiger partial charge in [-0.1, -0.05) is 72.8 Å². The first kappa shape index (κ1) is 19.8. The number of carbonyl (C=O) groups is 1. The second-order valence-electron chi connectivity index (χ2n) is 7.65. The summed E-state index contributed by atoms with van der Waals surface area (Å²) in [5, 5.41) is 2.37. The third kappa shape index (κ3) is 4.03. The van der Waals surface area contributed by atoms with Crippen LogP contribution in [0.25, 0.3) is 16.8 Å². The van der Waals surface area contributed by atoms with Crippen LogP contribution in [0.3, 0.4) is 0 Å². The zero-order valence-corrected chi connectivity index (χ0v) is 17.6. The smallest absolute Gasteiger partial charge is 0.363 e. The van der Waals surface area contributed by atoms with Crippen LogP contribution in [0.5, 0.6) is 5.75 Å². The molecule has 4 heteroatoms. The molecule has 1 aliphatic rings. The van der Waals surface area contributed by atoms with Crippen LogP contribution in [0, 0.1) is 6.92 Å². The van der Waals surface area contributed by atoms with Gasteiger partial charge < -0.3 is 9.47 Å². The number of cyclic esters (lactones) is 1. The molecule has 4 aromatic rings.